The van der Waals surface area contributed by atoms with Gasteiger partial charge in [-0.2, -0.15) is 5.21 Å². The van der Waals surface area contributed by atoms with Gasteiger partial charge in [0.05, 0.1) is 0 Å². The summed E-state index contributed by atoms with van der Waals surface area (Å²) >= 11 is 3.73. The zero-order chi connectivity index (χ0) is 25.2. The highest BCUT2D eigenvalue weighted by Gasteiger charge is 2.54. The second kappa shape index (κ2) is 10.4. The number of nitrogens with one attached hydrogen (secondary N) is 2. The number of thiazole rings is 1. The van der Waals surface area contributed by atoms with Crippen molar-refractivity contribution in [2.75, 3.05) is 17.2 Å². The molecule has 2 fully saturated rings. The van der Waals surface area contributed by atoms with E-state index in [1.165, 1.54) is 28.4 Å². The fourth-order valence-corrected chi connectivity index (χ4v) is 6.86. The number of anilines is 1. The van der Waals surface area contributed by atoms with Crippen LogP contribution in [-0.4, -0.2) is 88.1 Å². The number of hydrogen-bond donors (Lipinski definition) is 4. The quantitative estimate of drug-likeness (QED) is 0.145. The third-order valence-corrected chi connectivity index (χ3v) is 8.75. The van der Waals surface area contributed by atoms with Crippen LogP contribution in [-0.2, 0) is 19.2 Å². The van der Waals surface area contributed by atoms with Gasteiger partial charge in [0.25, 0.3) is 11.8 Å². The standard InChI is InChI=1S/C19H21N9O5S3/c20-18-21-10(7-35-18)11(25-33-9-3-1-2-4-9)14(29)22-12-15(30)28-13(17(31)32)8(5-34-16(12)28)6-36-19-23-26-27-24-19/h7,9,12,16H,1-6H2,(H2,20,21)(H,22,29)(H,31,32)(H,23,24,26,27)/t12?,16-/m1/s1. The van der Waals surface area contributed by atoms with Crippen LogP contribution in [0.4, 0.5) is 5.13 Å². The zero-order valence-electron chi connectivity index (χ0n) is 18.6. The lowest BCUT2D eigenvalue weighted by Gasteiger charge is -2.49. The molecule has 1 unspecified atom stereocenters. The molecule has 14 nitrogen and oxygen atoms in total. The molecule has 2 aromatic rings. The molecule has 36 heavy (non-hydrogen) atoms. The van der Waals surface area contributed by atoms with E-state index in [4.69, 9.17) is 10.6 Å². The number of thioether (sulfide) groups is 2. The number of aromatic nitrogens is 5. The summed E-state index contributed by atoms with van der Waals surface area (Å²) in [5, 5.41) is 31.7. The number of carboxylic acids is 1. The molecule has 190 valence electrons. The molecule has 2 atom stereocenters. The molecule has 3 aliphatic rings. The highest BCUT2D eigenvalue weighted by molar-refractivity contribution is 8.01. The summed E-state index contributed by atoms with van der Waals surface area (Å²) in [6.45, 7) is 0. The van der Waals surface area contributed by atoms with Gasteiger partial charge in [-0.25, -0.2) is 9.78 Å². The van der Waals surface area contributed by atoms with Crippen molar-refractivity contribution in [1.29, 1.82) is 0 Å². The van der Waals surface area contributed by atoms with Gasteiger partial charge in [0.15, 0.2) is 10.8 Å². The largest absolute Gasteiger partial charge is 0.477 e. The number of hydrogen-bond acceptors (Lipinski definition) is 13. The number of oxime groups is 1. The first-order chi connectivity index (χ1) is 17.4. The van der Waals surface area contributed by atoms with Gasteiger partial charge in [-0.15, -0.1) is 33.3 Å². The molecule has 17 heteroatoms. The summed E-state index contributed by atoms with van der Waals surface area (Å²) in [6, 6.07) is -0.920. The van der Waals surface area contributed by atoms with Crippen LogP contribution in [0.5, 0.6) is 0 Å². The van der Waals surface area contributed by atoms with E-state index in [0.29, 0.717) is 16.5 Å². The fourth-order valence-electron chi connectivity index (χ4n) is 4.09. The zero-order valence-corrected chi connectivity index (χ0v) is 21.1. The van der Waals surface area contributed by atoms with E-state index in [-0.39, 0.29) is 34.1 Å². The number of nitrogen functional groups attached to an aromatic ring is 1. The monoisotopic (exact) mass is 551 g/mol. The van der Waals surface area contributed by atoms with Crippen molar-refractivity contribution < 1.29 is 24.3 Å². The van der Waals surface area contributed by atoms with Gasteiger partial charge in [0.2, 0.25) is 5.16 Å². The second-order valence-electron chi connectivity index (χ2n) is 8.12. The lowest BCUT2D eigenvalue weighted by atomic mass is 10.0. The third-order valence-electron chi connectivity index (χ3n) is 5.81. The number of amides is 2. The van der Waals surface area contributed by atoms with Gasteiger partial charge >= 0.3 is 5.97 Å². The third kappa shape index (κ3) is 4.90. The predicted molar refractivity (Wildman–Crippen MR) is 131 cm³/mol. The van der Waals surface area contributed by atoms with Crippen molar-refractivity contribution >= 4 is 63.5 Å². The van der Waals surface area contributed by atoms with E-state index in [0.717, 1.165) is 37.0 Å². The highest BCUT2D eigenvalue weighted by atomic mass is 32.2. The summed E-state index contributed by atoms with van der Waals surface area (Å²) in [5.41, 5.74) is 6.38. The van der Waals surface area contributed by atoms with Crippen LogP contribution >= 0.6 is 34.9 Å². The van der Waals surface area contributed by atoms with Crippen LogP contribution in [0.15, 0.2) is 27.0 Å². The molecule has 0 spiro atoms. The van der Waals surface area contributed by atoms with Crippen molar-refractivity contribution in [1.82, 2.24) is 35.8 Å². The van der Waals surface area contributed by atoms with Crippen LogP contribution in [0.2, 0.25) is 0 Å². The summed E-state index contributed by atoms with van der Waals surface area (Å²) in [4.78, 5) is 49.1. The van der Waals surface area contributed by atoms with E-state index < -0.39 is 29.2 Å². The van der Waals surface area contributed by atoms with E-state index in [2.05, 4.69) is 36.1 Å². The first-order valence-corrected chi connectivity index (χ1v) is 13.9. The number of H-pyrrole nitrogens is 1. The number of β-lactam (4-membered cyclic amide) rings is 1. The van der Waals surface area contributed by atoms with Crippen molar-refractivity contribution in [3.05, 3.63) is 22.3 Å². The van der Waals surface area contributed by atoms with Crippen LogP contribution in [0.1, 0.15) is 31.4 Å². The number of fused-ring (bicyclic) bond motifs is 1. The van der Waals surface area contributed by atoms with Crippen molar-refractivity contribution in [3.8, 4) is 0 Å². The van der Waals surface area contributed by atoms with Gasteiger partial charge in [-0.3, -0.25) is 14.5 Å². The maximum absolute atomic E-state index is 13.2. The second-order valence-corrected chi connectivity index (χ2v) is 11.1. The fraction of sp³-hybridized carbons (Fsp3) is 0.474. The molecule has 0 radical (unpaired) electrons. The maximum atomic E-state index is 13.2. The topological polar surface area (TPSA) is 202 Å². The van der Waals surface area contributed by atoms with Crippen LogP contribution in [0.25, 0.3) is 0 Å². The molecule has 2 aromatic heterocycles. The Labute approximate surface area is 216 Å². The van der Waals surface area contributed by atoms with Gasteiger partial charge in [-0.1, -0.05) is 16.9 Å². The Morgan fingerprint density at radius 3 is 2.86 bits per heavy atom. The normalized spacial score (nSPS) is 22.4. The minimum Gasteiger partial charge on any atom is -0.477 e. The first kappa shape index (κ1) is 24.5. The number of nitrogens with zero attached hydrogens (tertiary/aromatic N) is 6. The Balaban J connectivity index is 1.30. The van der Waals surface area contributed by atoms with Gasteiger partial charge in [-0.05, 0) is 36.5 Å². The van der Waals surface area contributed by atoms with E-state index in [1.807, 2.05) is 0 Å². The molecule has 5 N–H and O–H groups in total. The number of carbonyl (C=O) groups is 3. The smallest absolute Gasteiger partial charge is 0.352 e. The minimum absolute atomic E-state index is 0.0758. The van der Waals surface area contributed by atoms with E-state index in [1.54, 1.807) is 5.38 Å². The maximum Gasteiger partial charge on any atom is 0.352 e. The number of aliphatic carboxylic acids is 1. The lowest BCUT2D eigenvalue weighted by molar-refractivity contribution is -0.150. The molecule has 2 aliphatic heterocycles. The summed E-state index contributed by atoms with van der Waals surface area (Å²) in [7, 11) is 0. The average Bonchev–Trinajstić information content (AvgIpc) is 3.64. The Bertz CT molecular complexity index is 1220. The number of rotatable bonds is 9. The SMILES string of the molecule is Nc1nc(C(=NOC2CCCC2)C(=O)NC2C(=O)N3C(C(=O)O)=C(CSc4nn[nH]n4)CS[C@H]23)cs1. The van der Waals surface area contributed by atoms with E-state index in [9.17, 15) is 19.5 Å². The molecule has 0 bridgehead atoms. The number of carbonyl (C=O) groups excluding carboxylic acids is 2. The predicted octanol–water partition coefficient (Wildman–Crippen LogP) is 0.433. The van der Waals surface area contributed by atoms with E-state index >= 15 is 0 Å². The van der Waals surface area contributed by atoms with Gasteiger partial charge < -0.3 is 21.0 Å². The summed E-state index contributed by atoms with van der Waals surface area (Å²) in [6.07, 6.45) is 3.69. The minimum atomic E-state index is -1.22. The number of nitrogens with two attached hydrogens (primary N) is 1. The van der Waals surface area contributed by atoms with Crippen molar-refractivity contribution in [2.24, 2.45) is 5.16 Å². The average molecular weight is 552 g/mol. The Kier molecular flexibility index (Phi) is 7.10. The molecule has 2 amide bonds. The van der Waals surface area contributed by atoms with Crippen molar-refractivity contribution in [2.45, 2.75) is 48.4 Å². The lowest BCUT2D eigenvalue weighted by Crippen LogP contribution is -2.71. The first-order valence-electron chi connectivity index (χ1n) is 10.9. The Hall–Kier alpha value is -3.18. The molecule has 0 aromatic carbocycles. The number of aromatic amines is 1. The molecule has 4 heterocycles. The summed E-state index contributed by atoms with van der Waals surface area (Å²) in [5.74, 6) is -1.73. The number of tetrazole rings is 1. The molecule has 1 saturated heterocycles. The van der Waals surface area contributed by atoms with Gasteiger partial charge in [0, 0.05) is 16.9 Å². The number of carboxylic acid groups (broad SMARTS) is 1. The van der Waals surface area contributed by atoms with Gasteiger partial charge in [0.1, 0.15) is 28.9 Å². The van der Waals surface area contributed by atoms with Crippen LogP contribution < -0.4 is 11.1 Å². The van der Waals surface area contributed by atoms with Crippen molar-refractivity contribution in [3.63, 3.8) is 0 Å². The van der Waals surface area contributed by atoms with Crippen LogP contribution in [0, 0.1) is 0 Å². The highest BCUT2D eigenvalue weighted by Crippen LogP contribution is 2.41. The Morgan fingerprint density at radius 2 is 2.19 bits per heavy atom. The molecular weight excluding hydrogens is 530 g/mol. The molecular formula is C19H21N9O5S3. The Morgan fingerprint density at radius 1 is 1.39 bits per heavy atom. The molecule has 5 rings (SSSR count). The molecule has 1 aliphatic carbocycles. The molecule has 1 saturated carbocycles. The summed E-state index contributed by atoms with van der Waals surface area (Å²) < 4.78 is 0. The van der Waals surface area contributed by atoms with Crippen LogP contribution in [0.3, 0.4) is 0 Å².